The van der Waals surface area contributed by atoms with E-state index in [4.69, 9.17) is 37.9 Å². The molecule has 7 unspecified atom stereocenters. The van der Waals surface area contributed by atoms with Gasteiger partial charge < -0.3 is 58.3 Å². The first kappa shape index (κ1) is 47.1. The van der Waals surface area contributed by atoms with E-state index in [1.165, 1.54) is 14.0 Å². The lowest BCUT2D eigenvalue weighted by molar-refractivity contribution is -0.318. The third kappa shape index (κ3) is 9.57. The van der Waals surface area contributed by atoms with Crippen molar-refractivity contribution in [3.63, 3.8) is 0 Å². The molecule has 4 heterocycles. The Labute approximate surface area is 345 Å². The molecule has 1 aromatic carbocycles. The molecule has 0 aliphatic carbocycles. The molecule has 4 saturated heterocycles. The fraction of sp³-hybridized carbons (Fsp3) is 0.841. The van der Waals surface area contributed by atoms with Gasteiger partial charge in [0.25, 0.3) is 0 Å². The van der Waals surface area contributed by atoms with Crippen LogP contribution in [0.25, 0.3) is 0 Å². The van der Waals surface area contributed by atoms with Crippen LogP contribution in [-0.2, 0) is 44.5 Å². The number of ether oxygens (including phenoxy) is 8. The Hall–Kier alpha value is -1.95. The van der Waals surface area contributed by atoms with Crippen LogP contribution in [0.4, 0.5) is 0 Å². The number of aliphatic hydroxyl groups is 4. The molecule has 2 bridgehead atoms. The van der Waals surface area contributed by atoms with E-state index in [1.54, 1.807) is 34.8 Å². The van der Waals surface area contributed by atoms with Gasteiger partial charge in [-0.3, -0.25) is 9.69 Å². The predicted octanol–water partition coefficient (Wildman–Crippen LogP) is 4.20. The first-order valence-electron chi connectivity index (χ1n) is 21.3. The van der Waals surface area contributed by atoms with Crippen LogP contribution in [0, 0.1) is 23.7 Å². The molecule has 14 nitrogen and oxygen atoms in total. The third-order valence-electron chi connectivity index (χ3n) is 13.9. The molecular formula is C44H73NO13. The molecule has 1 aromatic rings. The Balaban J connectivity index is 1.54. The molecular weight excluding hydrogens is 750 g/mol. The summed E-state index contributed by atoms with van der Waals surface area (Å²) < 4.78 is 51.0. The van der Waals surface area contributed by atoms with Crippen molar-refractivity contribution in [3.8, 4) is 5.75 Å². The van der Waals surface area contributed by atoms with Gasteiger partial charge in [-0.2, -0.15) is 0 Å². The van der Waals surface area contributed by atoms with Gasteiger partial charge in [-0.25, -0.2) is 0 Å². The molecule has 14 heteroatoms. The zero-order valence-corrected chi connectivity index (χ0v) is 37.0. The first-order valence-corrected chi connectivity index (χ1v) is 21.3. The van der Waals surface area contributed by atoms with Crippen LogP contribution in [0.15, 0.2) is 24.3 Å². The average molecular weight is 824 g/mol. The van der Waals surface area contributed by atoms with E-state index in [0.717, 1.165) is 11.3 Å². The summed E-state index contributed by atoms with van der Waals surface area (Å²) in [5, 5.41) is 46.1. The second-order valence-electron chi connectivity index (χ2n) is 18.6. The number of benzene rings is 1. The molecule has 4 aliphatic heterocycles. The van der Waals surface area contributed by atoms with E-state index in [2.05, 4.69) is 11.8 Å². The number of nitrogens with zero attached hydrogens (tertiary/aromatic N) is 1. The minimum atomic E-state index is -1.81. The quantitative estimate of drug-likeness (QED) is 0.221. The lowest BCUT2D eigenvalue weighted by atomic mass is 9.76. The van der Waals surface area contributed by atoms with Crippen molar-refractivity contribution < 1.29 is 63.1 Å². The Morgan fingerprint density at radius 2 is 1.64 bits per heavy atom. The second-order valence-corrected chi connectivity index (χ2v) is 18.6. The molecule has 58 heavy (non-hydrogen) atoms. The Morgan fingerprint density at radius 3 is 2.24 bits per heavy atom. The Kier molecular flexibility index (Phi) is 15.1. The Morgan fingerprint density at radius 1 is 0.983 bits per heavy atom. The molecule has 0 radical (unpaired) electrons. The van der Waals surface area contributed by atoms with E-state index >= 15 is 0 Å². The molecule has 4 N–H and O–H groups in total. The standard InChI is InChI=1S/C44H73NO13/c1-14-32(46)44(10,50)39-25(4)35-23(2)20-43(9,58-35)38(26(5)36(27(6)40(49)56-39)55-33-21-42(8,52-13)37(48)28(7)54-33)57-41-34(47)31(19-24(3)53-41)45(11)22-29-15-17-30(51-12)18-16-29/h15-18,23-28,31-39,41,46-48,50H,14,19-22H2,1-13H3/t23?,24?,25-,26-,27+,28?,31?,32+,33-,34?,35?,36-,37-,38+,39+,41-,42?,43-,44+/m0/s1. The molecule has 0 amide bonds. The molecule has 19 atom stereocenters. The number of fused-ring (bicyclic) bond motifs is 2. The fourth-order valence-electron chi connectivity index (χ4n) is 10.3. The van der Waals surface area contributed by atoms with Crippen LogP contribution in [0.2, 0.25) is 0 Å². The number of aliphatic hydroxyl groups excluding tert-OH is 3. The summed E-state index contributed by atoms with van der Waals surface area (Å²) in [6.45, 7) is 18.9. The number of cyclic esters (lactones) is 1. The summed E-state index contributed by atoms with van der Waals surface area (Å²) in [7, 11) is 5.14. The number of carbonyl (C=O) groups is 1. The van der Waals surface area contributed by atoms with Crippen LogP contribution in [0.3, 0.4) is 0 Å². The van der Waals surface area contributed by atoms with E-state index in [-0.39, 0.29) is 30.9 Å². The number of esters is 1. The largest absolute Gasteiger partial charge is 0.497 e. The maximum atomic E-state index is 14.5. The molecule has 0 spiro atoms. The highest BCUT2D eigenvalue weighted by atomic mass is 16.7. The topological polar surface area (TPSA) is 175 Å². The number of hydrogen-bond acceptors (Lipinski definition) is 14. The first-order chi connectivity index (χ1) is 27.1. The molecule has 0 saturated carbocycles. The maximum absolute atomic E-state index is 14.5. The minimum absolute atomic E-state index is 0.0868. The highest BCUT2D eigenvalue weighted by Gasteiger charge is 2.59. The normalized spacial score (nSPS) is 44.2. The summed E-state index contributed by atoms with van der Waals surface area (Å²) in [6.07, 6.45) is -7.90. The van der Waals surface area contributed by atoms with E-state index < -0.39 is 102 Å². The van der Waals surface area contributed by atoms with Gasteiger partial charge in [0.15, 0.2) is 12.6 Å². The SMILES string of the molecule is CC[C@@H](O)[C@@](C)(O)[C@@H]1OC(=O)[C@H](C)[C@@H](O[C@H]2CC(C)(OC)[C@@H](O)C(C)O2)[C@H](C)[C@@H](O[C@@H]2OC(C)CC(N(C)Cc3ccc(OC)cc3)C2O)[C@]2(C)CC(C)C(O2)[C@@H]1C. The zero-order chi connectivity index (χ0) is 43.1. The second kappa shape index (κ2) is 18.6. The fourth-order valence-corrected chi connectivity index (χ4v) is 10.3. The monoisotopic (exact) mass is 824 g/mol. The summed E-state index contributed by atoms with van der Waals surface area (Å²) >= 11 is 0. The van der Waals surface area contributed by atoms with Gasteiger partial charge in [-0.1, -0.05) is 39.8 Å². The summed E-state index contributed by atoms with van der Waals surface area (Å²) in [5.74, 6) is -2.04. The van der Waals surface area contributed by atoms with Crippen LogP contribution < -0.4 is 4.74 Å². The van der Waals surface area contributed by atoms with Crippen molar-refractivity contribution >= 4 is 5.97 Å². The van der Waals surface area contributed by atoms with Gasteiger partial charge in [0, 0.05) is 38.0 Å². The lowest BCUT2D eigenvalue weighted by Crippen LogP contribution is -2.60. The molecule has 4 fully saturated rings. The van der Waals surface area contributed by atoms with Gasteiger partial charge in [-0.05, 0) is 91.5 Å². The number of carbonyl (C=O) groups excluding carboxylic acids is 1. The van der Waals surface area contributed by atoms with Gasteiger partial charge in [0.05, 0.1) is 60.9 Å². The van der Waals surface area contributed by atoms with Crippen LogP contribution in [0.5, 0.6) is 5.75 Å². The van der Waals surface area contributed by atoms with Crippen LogP contribution in [-0.4, -0.2) is 143 Å². The minimum Gasteiger partial charge on any atom is -0.497 e. The van der Waals surface area contributed by atoms with Crippen molar-refractivity contribution in [2.24, 2.45) is 23.7 Å². The number of rotatable bonds is 12. The number of likely N-dealkylation sites (N-methyl/N-ethyl adjacent to an activating group) is 1. The van der Waals surface area contributed by atoms with Crippen molar-refractivity contribution in [3.05, 3.63) is 29.8 Å². The molecule has 4 aliphatic rings. The van der Waals surface area contributed by atoms with E-state index in [0.29, 0.717) is 19.4 Å². The van der Waals surface area contributed by atoms with Crippen molar-refractivity contribution in [1.29, 1.82) is 0 Å². The highest BCUT2D eigenvalue weighted by molar-refractivity contribution is 5.73. The van der Waals surface area contributed by atoms with Gasteiger partial charge >= 0.3 is 5.97 Å². The maximum Gasteiger partial charge on any atom is 0.311 e. The summed E-state index contributed by atoms with van der Waals surface area (Å²) in [4.78, 5) is 16.6. The molecule has 5 rings (SSSR count). The number of hydrogen-bond donors (Lipinski definition) is 4. The molecule has 0 aromatic heterocycles. The predicted molar refractivity (Wildman–Crippen MR) is 215 cm³/mol. The average Bonchev–Trinajstić information content (AvgIpc) is 3.50. The van der Waals surface area contributed by atoms with Crippen molar-refractivity contribution in [1.82, 2.24) is 4.90 Å². The highest BCUT2D eigenvalue weighted by Crippen LogP contribution is 2.48. The van der Waals surface area contributed by atoms with E-state index in [9.17, 15) is 25.2 Å². The zero-order valence-electron chi connectivity index (χ0n) is 37.0. The number of methoxy groups -OCH3 is 2. The third-order valence-corrected chi connectivity index (χ3v) is 13.9. The van der Waals surface area contributed by atoms with Crippen molar-refractivity contribution in [2.45, 2.75) is 192 Å². The smallest absolute Gasteiger partial charge is 0.311 e. The van der Waals surface area contributed by atoms with Crippen molar-refractivity contribution in [2.75, 3.05) is 21.3 Å². The Bertz CT molecular complexity index is 1500. The molecule has 332 valence electrons. The van der Waals surface area contributed by atoms with Crippen LogP contribution >= 0.6 is 0 Å². The summed E-state index contributed by atoms with van der Waals surface area (Å²) in [6, 6.07) is 7.53. The van der Waals surface area contributed by atoms with Gasteiger partial charge in [0.1, 0.15) is 29.7 Å². The van der Waals surface area contributed by atoms with Gasteiger partial charge in [-0.15, -0.1) is 0 Å². The van der Waals surface area contributed by atoms with Crippen LogP contribution in [0.1, 0.15) is 100 Å². The van der Waals surface area contributed by atoms with E-state index in [1.807, 2.05) is 59.0 Å². The van der Waals surface area contributed by atoms with Gasteiger partial charge in [0.2, 0.25) is 0 Å². The lowest BCUT2D eigenvalue weighted by Gasteiger charge is -2.48. The summed E-state index contributed by atoms with van der Waals surface area (Å²) in [5.41, 5.74) is -2.75.